The van der Waals surface area contributed by atoms with Gasteiger partial charge in [-0.25, -0.2) is 9.97 Å². The molecule has 3 rings (SSSR count). The zero-order chi connectivity index (χ0) is 10.1. The van der Waals surface area contributed by atoms with Gasteiger partial charge in [-0.3, -0.25) is 0 Å². The van der Waals surface area contributed by atoms with Crippen LogP contribution in [0.1, 0.15) is 11.1 Å². The predicted molar refractivity (Wildman–Crippen MR) is 61.5 cm³/mol. The Bertz CT molecular complexity index is 487. The van der Waals surface area contributed by atoms with Crippen LogP contribution in [0.3, 0.4) is 0 Å². The molecule has 0 aliphatic carbocycles. The van der Waals surface area contributed by atoms with Gasteiger partial charge < -0.3 is 0 Å². The molecule has 2 nitrogen and oxygen atoms in total. The van der Waals surface area contributed by atoms with Gasteiger partial charge in [0.2, 0.25) is 0 Å². The third-order valence-electron chi connectivity index (χ3n) is 2.27. The van der Waals surface area contributed by atoms with Gasteiger partial charge in [-0.05, 0) is 11.6 Å². The highest BCUT2D eigenvalue weighted by molar-refractivity contribution is 7.99. The molecule has 0 fully saturated rings. The number of rotatable bonds is 0. The number of fused-ring (bicyclic) bond motifs is 2. The van der Waals surface area contributed by atoms with E-state index in [1.54, 1.807) is 18.1 Å². The van der Waals surface area contributed by atoms with Crippen molar-refractivity contribution in [3.05, 3.63) is 47.9 Å². The van der Waals surface area contributed by atoms with Gasteiger partial charge in [0.1, 0.15) is 11.4 Å². The molecule has 0 N–H and O–H groups in total. The summed E-state index contributed by atoms with van der Waals surface area (Å²) in [6, 6.07) is 8.32. The number of benzene rings is 1. The molecule has 1 aromatic carbocycles. The lowest BCUT2D eigenvalue weighted by Crippen LogP contribution is -1.85. The first-order chi connectivity index (χ1) is 7.43. The molecule has 0 amide bonds. The van der Waals surface area contributed by atoms with Crippen LogP contribution in [0.15, 0.2) is 46.7 Å². The van der Waals surface area contributed by atoms with E-state index in [9.17, 15) is 0 Å². The zero-order valence-electron chi connectivity index (χ0n) is 7.92. The van der Waals surface area contributed by atoms with Crippen LogP contribution in [-0.2, 0) is 0 Å². The van der Waals surface area contributed by atoms with Crippen molar-refractivity contribution in [2.24, 2.45) is 0 Å². The van der Waals surface area contributed by atoms with Crippen molar-refractivity contribution in [2.75, 3.05) is 0 Å². The molecular formula is C12H8N2S. The smallest absolute Gasteiger partial charge is 0.116 e. The molecule has 1 aromatic heterocycles. The van der Waals surface area contributed by atoms with E-state index in [0.717, 1.165) is 10.6 Å². The van der Waals surface area contributed by atoms with E-state index < -0.39 is 0 Å². The normalized spacial score (nSPS) is 12.8. The fraction of sp³-hybridized carbons (Fsp3) is 0. The van der Waals surface area contributed by atoms with Gasteiger partial charge in [0.15, 0.2) is 0 Å². The van der Waals surface area contributed by atoms with Crippen LogP contribution in [0.25, 0.3) is 12.2 Å². The van der Waals surface area contributed by atoms with E-state index in [4.69, 9.17) is 0 Å². The van der Waals surface area contributed by atoms with Crippen LogP contribution in [-0.4, -0.2) is 9.97 Å². The van der Waals surface area contributed by atoms with Crippen molar-refractivity contribution in [3.63, 3.8) is 0 Å². The van der Waals surface area contributed by atoms with E-state index in [2.05, 4.69) is 34.3 Å². The first-order valence-electron chi connectivity index (χ1n) is 4.68. The molecule has 72 valence electrons. The lowest BCUT2D eigenvalue weighted by Gasteiger charge is -2.02. The number of nitrogens with zero attached hydrogens (tertiary/aromatic N) is 2. The van der Waals surface area contributed by atoms with Crippen LogP contribution >= 0.6 is 11.8 Å². The summed E-state index contributed by atoms with van der Waals surface area (Å²) in [5.41, 5.74) is 2.32. The van der Waals surface area contributed by atoms with Crippen molar-refractivity contribution in [1.82, 2.24) is 9.97 Å². The maximum Gasteiger partial charge on any atom is 0.116 e. The van der Waals surface area contributed by atoms with E-state index in [0.29, 0.717) is 0 Å². The fourth-order valence-corrected chi connectivity index (χ4v) is 2.47. The molecular weight excluding hydrogens is 204 g/mol. The largest absolute Gasteiger partial charge is 0.244 e. The molecule has 1 aliphatic rings. The number of hydrogen-bond acceptors (Lipinski definition) is 3. The Morgan fingerprint density at radius 2 is 1.87 bits per heavy atom. The minimum absolute atomic E-state index is 1.02. The monoisotopic (exact) mass is 212 g/mol. The highest BCUT2D eigenvalue weighted by Crippen LogP contribution is 2.35. The molecule has 0 bridgehead atoms. The average Bonchev–Trinajstić information content (AvgIpc) is 2.48. The molecule has 0 saturated carbocycles. The molecule has 0 unspecified atom stereocenters. The Labute approximate surface area is 92.1 Å². The van der Waals surface area contributed by atoms with Crippen LogP contribution in [0.4, 0.5) is 0 Å². The second kappa shape index (κ2) is 3.51. The maximum absolute atomic E-state index is 4.28. The van der Waals surface area contributed by atoms with Crippen molar-refractivity contribution < 1.29 is 0 Å². The second-order valence-corrected chi connectivity index (χ2v) is 4.29. The molecule has 2 heterocycles. The van der Waals surface area contributed by atoms with Crippen LogP contribution in [0.2, 0.25) is 0 Å². The van der Waals surface area contributed by atoms with Gasteiger partial charge in [-0.2, -0.15) is 0 Å². The highest BCUT2D eigenvalue weighted by Gasteiger charge is 2.09. The second-order valence-electron chi connectivity index (χ2n) is 3.26. The molecule has 0 spiro atoms. The van der Waals surface area contributed by atoms with E-state index in [1.165, 1.54) is 10.5 Å². The lowest BCUT2D eigenvalue weighted by atomic mass is 10.2. The summed E-state index contributed by atoms with van der Waals surface area (Å²) in [6.45, 7) is 0. The standard InChI is InChI=1S/C12H8N2S/c1-2-4-11-9(3-1)5-6-10-7-13-8-14-12(10)15-11/h1-8H. The summed E-state index contributed by atoms with van der Waals surface area (Å²) in [5, 5.41) is 1.02. The molecule has 1 aliphatic heterocycles. The van der Waals surface area contributed by atoms with Gasteiger partial charge >= 0.3 is 0 Å². The third kappa shape index (κ3) is 1.55. The van der Waals surface area contributed by atoms with Gasteiger partial charge in [0.25, 0.3) is 0 Å². The molecule has 15 heavy (non-hydrogen) atoms. The SMILES string of the molecule is C1=Cc2cncnc2Sc2ccccc21. The number of hydrogen-bond donors (Lipinski definition) is 0. The van der Waals surface area contributed by atoms with E-state index in [-0.39, 0.29) is 0 Å². The van der Waals surface area contributed by atoms with E-state index in [1.807, 2.05) is 18.3 Å². The summed E-state index contributed by atoms with van der Waals surface area (Å²) in [7, 11) is 0. The molecule has 0 radical (unpaired) electrons. The van der Waals surface area contributed by atoms with Gasteiger partial charge in [0.05, 0.1) is 0 Å². The Balaban J connectivity index is 2.19. The number of aromatic nitrogens is 2. The van der Waals surface area contributed by atoms with Crippen LogP contribution < -0.4 is 0 Å². The minimum atomic E-state index is 1.02. The Morgan fingerprint density at radius 1 is 1.00 bits per heavy atom. The zero-order valence-corrected chi connectivity index (χ0v) is 8.74. The Kier molecular flexibility index (Phi) is 2.03. The quantitative estimate of drug-likeness (QED) is 0.535. The van der Waals surface area contributed by atoms with Crippen LogP contribution in [0.5, 0.6) is 0 Å². The highest BCUT2D eigenvalue weighted by atomic mass is 32.2. The van der Waals surface area contributed by atoms with E-state index >= 15 is 0 Å². The summed E-state index contributed by atoms with van der Waals surface area (Å²) < 4.78 is 0. The van der Waals surface area contributed by atoms with Gasteiger partial charge in [-0.15, -0.1) is 0 Å². The fourth-order valence-electron chi connectivity index (χ4n) is 1.52. The topological polar surface area (TPSA) is 25.8 Å². The third-order valence-corrected chi connectivity index (χ3v) is 3.40. The molecule has 3 heteroatoms. The summed E-state index contributed by atoms with van der Waals surface area (Å²) in [6.07, 6.45) is 7.61. The molecule has 0 atom stereocenters. The average molecular weight is 212 g/mol. The van der Waals surface area contributed by atoms with Gasteiger partial charge in [0, 0.05) is 16.7 Å². The predicted octanol–water partition coefficient (Wildman–Crippen LogP) is 3.11. The van der Waals surface area contributed by atoms with Crippen molar-refractivity contribution >= 4 is 23.9 Å². The Hall–Kier alpha value is -1.61. The summed E-state index contributed by atoms with van der Waals surface area (Å²) in [4.78, 5) is 9.55. The van der Waals surface area contributed by atoms with Crippen molar-refractivity contribution in [3.8, 4) is 0 Å². The lowest BCUT2D eigenvalue weighted by molar-refractivity contribution is 1.04. The minimum Gasteiger partial charge on any atom is -0.244 e. The summed E-state index contributed by atoms with van der Waals surface area (Å²) in [5.74, 6) is 0. The van der Waals surface area contributed by atoms with Crippen LogP contribution in [0, 0.1) is 0 Å². The van der Waals surface area contributed by atoms with Crippen molar-refractivity contribution in [2.45, 2.75) is 9.92 Å². The summed E-state index contributed by atoms with van der Waals surface area (Å²) >= 11 is 1.69. The first kappa shape index (κ1) is 8.68. The van der Waals surface area contributed by atoms with Crippen molar-refractivity contribution in [1.29, 1.82) is 0 Å². The van der Waals surface area contributed by atoms with Gasteiger partial charge in [-0.1, -0.05) is 42.1 Å². The first-order valence-corrected chi connectivity index (χ1v) is 5.50. The molecule has 0 saturated heterocycles. The maximum atomic E-state index is 4.28. The Morgan fingerprint density at radius 3 is 2.87 bits per heavy atom. The molecule has 2 aromatic rings.